The number of carbonyl (C=O) groups is 3. The molecule has 1 aromatic heterocycles. The Morgan fingerprint density at radius 1 is 1.12 bits per heavy atom. The van der Waals surface area contributed by atoms with Crippen molar-refractivity contribution in [3.8, 4) is 0 Å². The quantitative estimate of drug-likeness (QED) is 0.470. The first kappa shape index (κ1) is 27.3. The van der Waals surface area contributed by atoms with Gasteiger partial charge in [-0.25, -0.2) is 4.98 Å². The number of nitrogens with one attached hydrogen (secondary N) is 2. The number of methoxy groups -OCH3 is 1. The topological polar surface area (TPSA) is 101 Å². The summed E-state index contributed by atoms with van der Waals surface area (Å²) < 4.78 is 5.20. The summed E-state index contributed by atoms with van der Waals surface area (Å²) in [4.78, 5) is 44.6. The predicted molar refractivity (Wildman–Crippen MR) is 132 cm³/mol. The summed E-state index contributed by atoms with van der Waals surface area (Å²) in [5, 5.41) is 6.23. The molecular formula is C25H33ClN4O4. The molecule has 8 nitrogen and oxygen atoms in total. The zero-order valence-corrected chi connectivity index (χ0v) is 20.9. The lowest BCUT2D eigenvalue weighted by molar-refractivity contribution is -0.142. The maximum Gasteiger partial charge on any atom is 0.247 e. The lowest BCUT2D eigenvalue weighted by Crippen LogP contribution is -2.51. The SMILES string of the molecule is CCC(C)(C)NC(=O)[C@@H](c1ccc(Cl)cc1)N(CCOC)C(=O)CCC(=O)Nc1ccccn1. The highest BCUT2D eigenvalue weighted by Gasteiger charge is 2.33. The van der Waals surface area contributed by atoms with Crippen LogP contribution in [0.25, 0.3) is 0 Å². The smallest absolute Gasteiger partial charge is 0.247 e. The Balaban J connectivity index is 2.25. The number of pyridine rings is 1. The minimum Gasteiger partial charge on any atom is -0.383 e. The third kappa shape index (κ3) is 8.43. The predicted octanol–water partition coefficient (Wildman–Crippen LogP) is 3.97. The fraction of sp³-hybridized carbons (Fsp3) is 0.440. The third-order valence-electron chi connectivity index (χ3n) is 5.45. The van der Waals surface area contributed by atoms with Crippen LogP contribution in [0.2, 0.25) is 5.02 Å². The molecule has 0 fully saturated rings. The molecule has 2 aromatic rings. The van der Waals surface area contributed by atoms with Gasteiger partial charge in [-0.2, -0.15) is 0 Å². The molecule has 34 heavy (non-hydrogen) atoms. The van der Waals surface area contributed by atoms with Crippen LogP contribution in [0.15, 0.2) is 48.7 Å². The van der Waals surface area contributed by atoms with E-state index >= 15 is 0 Å². The fourth-order valence-electron chi connectivity index (χ4n) is 3.20. The number of aromatic nitrogens is 1. The number of halogens is 1. The average molecular weight is 489 g/mol. The number of benzene rings is 1. The summed E-state index contributed by atoms with van der Waals surface area (Å²) in [5.41, 5.74) is 0.163. The van der Waals surface area contributed by atoms with Gasteiger partial charge in [0.05, 0.1) is 6.61 Å². The summed E-state index contributed by atoms with van der Waals surface area (Å²) in [7, 11) is 1.53. The van der Waals surface area contributed by atoms with Crippen LogP contribution < -0.4 is 10.6 Å². The maximum atomic E-state index is 13.4. The van der Waals surface area contributed by atoms with Gasteiger partial charge in [-0.1, -0.05) is 36.7 Å². The molecule has 0 radical (unpaired) electrons. The lowest BCUT2D eigenvalue weighted by Gasteiger charge is -2.34. The van der Waals surface area contributed by atoms with E-state index < -0.39 is 11.6 Å². The Morgan fingerprint density at radius 2 is 1.82 bits per heavy atom. The monoisotopic (exact) mass is 488 g/mol. The van der Waals surface area contributed by atoms with Crippen molar-refractivity contribution in [1.82, 2.24) is 15.2 Å². The van der Waals surface area contributed by atoms with Crippen molar-refractivity contribution < 1.29 is 19.1 Å². The number of carbonyl (C=O) groups excluding carboxylic acids is 3. The number of hydrogen-bond donors (Lipinski definition) is 2. The number of nitrogens with zero attached hydrogens (tertiary/aromatic N) is 2. The molecule has 1 atom stereocenters. The molecule has 2 N–H and O–H groups in total. The van der Waals surface area contributed by atoms with Crippen molar-refractivity contribution >= 4 is 35.1 Å². The van der Waals surface area contributed by atoms with Gasteiger partial charge in [-0.3, -0.25) is 14.4 Å². The van der Waals surface area contributed by atoms with Crippen molar-refractivity contribution in [3.05, 3.63) is 59.2 Å². The fourth-order valence-corrected chi connectivity index (χ4v) is 3.33. The Kier molecular flexibility index (Phi) is 10.5. The van der Waals surface area contributed by atoms with Crippen LogP contribution in [-0.2, 0) is 19.1 Å². The van der Waals surface area contributed by atoms with Crippen LogP contribution in [0.3, 0.4) is 0 Å². The van der Waals surface area contributed by atoms with Gasteiger partial charge >= 0.3 is 0 Å². The number of ether oxygens (including phenoxy) is 1. The van der Waals surface area contributed by atoms with Crippen molar-refractivity contribution in [3.63, 3.8) is 0 Å². The molecule has 0 unspecified atom stereocenters. The first-order valence-electron chi connectivity index (χ1n) is 11.2. The summed E-state index contributed by atoms with van der Waals surface area (Å²) in [6, 6.07) is 11.1. The van der Waals surface area contributed by atoms with Gasteiger partial charge in [0.25, 0.3) is 0 Å². The van der Waals surface area contributed by atoms with Gasteiger partial charge in [0.1, 0.15) is 11.9 Å². The second-order valence-corrected chi connectivity index (χ2v) is 8.96. The largest absolute Gasteiger partial charge is 0.383 e. The second-order valence-electron chi connectivity index (χ2n) is 8.52. The molecule has 0 aliphatic carbocycles. The summed E-state index contributed by atoms with van der Waals surface area (Å²) in [6.07, 6.45) is 2.16. The molecule has 0 aliphatic heterocycles. The van der Waals surface area contributed by atoms with Crippen LogP contribution in [0.4, 0.5) is 5.82 Å². The molecule has 0 aliphatic rings. The molecule has 3 amide bonds. The van der Waals surface area contributed by atoms with E-state index in [0.29, 0.717) is 22.8 Å². The van der Waals surface area contributed by atoms with Crippen molar-refractivity contribution in [2.75, 3.05) is 25.6 Å². The minimum atomic E-state index is -0.899. The standard InChI is InChI=1S/C25H33ClN4O4/c1-5-25(2,3)29-24(33)23(18-9-11-19(26)12-10-18)30(16-17-34-4)22(32)14-13-21(31)28-20-8-6-7-15-27-20/h6-12,15,23H,5,13-14,16-17H2,1-4H3,(H,29,33)(H,27,28,31)/t23-/m1/s1. The van der Waals surface area contributed by atoms with Gasteiger partial charge < -0.3 is 20.3 Å². The molecule has 2 rings (SSSR count). The molecule has 9 heteroatoms. The van der Waals surface area contributed by atoms with E-state index in [0.717, 1.165) is 0 Å². The van der Waals surface area contributed by atoms with Crippen LogP contribution in [0.1, 0.15) is 51.6 Å². The molecule has 1 heterocycles. The zero-order valence-electron chi connectivity index (χ0n) is 20.1. The van der Waals surface area contributed by atoms with Gasteiger partial charge in [-0.05, 0) is 50.1 Å². The van der Waals surface area contributed by atoms with Crippen molar-refractivity contribution in [2.24, 2.45) is 0 Å². The van der Waals surface area contributed by atoms with E-state index in [1.165, 1.54) is 12.0 Å². The summed E-state index contributed by atoms with van der Waals surface area (Å²) >= 11 is 6.05. The molecule has 184 valence electrons. The molecule has 0 bridgehead atoms. The van der Waals surface area contributed by atoms with E-state index in [-0.39, 0.29) is 43.7 Å². The van der Waals surface area contributed by atoms with Gasteiger partial charge in [0, 0.05) is 43.3 Å². The highest BCUT2D eigenvalue weighted by molar-refractivity contribution is 6.30. The Morgan fingerprint density at radius 3 is 2.41 bits per heavy atom. The summed E-state index contributed by atoms with van der Waals surface area (Å²) in [6.45, 7) is 6.25. The maximum absolute atomic E-state index is 13.4. The lowest BCUT2D eigenvalue weighted by atomic mass is 9.98. The third-order valence-corrected chi connectivity index (χ3v) is 5.70. The molecule has 1 aromatic carbocycles. The highest BCUT2D eigenvalue weighted by Crippen LogP contribution is 2.25. The van der Waals surface area contributed by atoms with Crippen LogP contribution in [0.5, 0.6) is 0 Å². The van der Waals surface area contributed by atoms with Crippen LogP contribution >= 0.6 is 11.6 Å². The Labute approximate surface area is 206 Å². The van der Waals surface area contributed by atoms with E-state index in [1.807, 2.05) is 20.8 Å². The van der Waals surface area contributed by atoms with E-state index in [9.17, 15) is 14.4 Å². The first-order valence-corrected chi connectivity index (χ1v) is 11.6. The van der Waals surface area contributed by atoms with Gasteiger partial charge in [-0.15, -0.1) is 0 Å². The number of amides is 3. The van der Waals surface area contributed by atoms with E-state index in [2.05, 4.69) is 15.6 Å². The molecule has 0 saturated heterocycles. The van der Waals surface area contributed by atoms with Gasteiger partial charge in [0.2, 0.25) is 17.7 Å². The van der Waals surface area contributed by atoms with Crippen LogP contribution in [-0.4, -0.2) is 53.4 Å². The zero-order chi connectivity index (χ0) is 25.1. The number of hydrogen-bond acceptors (Lipinski definition) is 5. The Hall–Kier alpha value is -2.97. The van der Waals surface area contributed by atoms with E-state index in [1.54, 1.807) is 48.7 Å². The van der Waals surface area contributed by atoms with Crippen LogP contribution in [0, 0.1) is 0 Å². The normalized spacial score (nSPS) is 12.0. The first-order chi connectivity index (χ1) is 16.2. The molecule has 0 spiro atoms. The average Bonchev–Trinajstić information content (AvgIpc) is 2.81. The minimum absolute atomic E-state index is 0.0473. The number of anilines is 1. The Bertz CT molecular complexity index is 951. The van der Waals surface area contributed by atoms with Gasteiger partial charge in [0.15, 0.2) is 0 Å². The van der Waals surface area contributed by atoms with Crippen molar-refractivity contribution in [2.45, 2.75) is 51.6 Å². The molecular weight excluding hydrogens is 456 g/mol. The van der Waals surface area contributed by atoms with E-state index in [4.69, 9.17) is 16.3 Å². The second kappa shape index (κ2) is 13.1. The molecule has 0 saturated carbocycles. The highest BCUT2D eigenvalue weighted by atomic mass is 35.5. The number of rotatable bonds is 12. The summed E-state index contributed by atoms with van der Waals surface area (Å²) in [5.74, 6) is -0.566. The van der Waals surface area contributed by atoms with Crippen molar-refractivity contribution in [1.29, 1.82) is 0 Å².